The summed E-state index contributed by atoms with van der Waals surface area (Å²) in [6.45, 7) is 11.4. The van der Waals surface area contributed by atoms with E-state index in [0.29, 0.717) is 58.7 Å². The number of hydrogen-bond donors (Lipinski definition) is 4. The minimum atomic E-state index is -1.39. The van der Waals surface area contributed by atoms with E-state index in [-0.39, 0.29) is 31.0 Å². The number of anilines is 1. The van der Waals surface area contributed by atoms with Crippen LogP contribution in [0.2, 0.25) is 0 Å². The first-order valence-corrected chi connectivity index (χ1v) is 19.4. The lowest BCUT2D eigenvalue weighted by Gasteiger charge is -2.35. The number of nitrogens with zero attached hydrogens (tertiary/aromatic N) is 4. The van der Waals surface area contributed by atoms with E-state index in [1.807, 2.05) is 53.7 Å². The van der Waals surface area contributed by atoms with Crippen LogP contribution in [0.5, 0.6) is 11.5 Å². The Morgan fingerprint density at radius 1 is 1.04 bits per heavy atom. The Labute approximate surface area is 320 Å². The molecular weight excluding hydrogens is 706 g/mol. The largest absolute Gasteiger partial charge is 0.497 e. The summed E-state index contributed by atoms with van der Waals surface area (Å²) in [6, 6.07) is 7.10. The highest BCUT2D eigenvalue weighted by Gasteiger charge is 2.61. The smallest absolute Gasteiger partial charge is 0.408 e. The van der Waals surface area contributed by atoms with E-state index in [0.717, 1.165) is 12.8 Å². The van der Waals surface area contributed by atoms with Gasteiger partial charge in [-0.2, -0.15) is 0 Å². The van der Waals surface area contributed by atoms with Gasteiger partial charge < -0.3 is 40.2 Å². The van der Waals surface area contributed by atoms with Crippen molar-refractivity contribution in [1.82, 2.24) is 30.3 Å². The van der Waals surface area contributed by atoms with Gasteiger partial charge in [0.2, 0.25) is 11.8 Å². The number of alkyl carbamates (subject to hydrolysis) is 1. The number of aliphatic carboxylic acids is 1. The van der Waals surface area contributed by atoms with Crippen molar-refractivity contribution in [2.24, 2.45) is 23.2 Å². The van der Waals surface area contributed by atoms with Gasteiger partial charge in [-0.05, 0) is 74.8 Å². The van der Waals surface area contributed by atoms with Gasteiger partial charge in [-0.15, -0.1) is 5.10 Å². The Kier molecular flexibility index (Phi) is 10.1. The molecule has 15 heteroatoms. The van der Waals surface area contributed by atoms with Crippen LogP contribution in [0.25, 0.3) is 16.7 Å². The molecule has 296 valence electrons. The molecule has 1 aromatic carbocycles. The molecule has 1 saturated heterocycles. The molecule has 3 aliphatic carbocycles. The highest BCUT2D eigenvalue weighted by Crippen LogP contribution is 2.52. The number of nitrogens with one attached hydrogen (secondary N) is 3. The van der Waals surface area contributed by atoms with E-state index in [1.165, 1.54) is 11.3 Å². The third-order valence-electron chi connectivity index (χ3n) is 11.5. The van der Waals surface area contributed by atoms with E-state index >= 15 is 0 Å². The van der Waals surface area contributed by atoms with Crippen molar-refractivity contribution in [1.29, 1.82) is 0 Å². The first-order chi connectivity index (χ1) is 26.1. The molecule has 8 atom stereocenters. The maximum absolute atomic E-state index is 14.6. The van der Waals surface area contributed by atoms with Crippen LogP contribution >= 0.6 is 0 Å². The third-order valence-corrected chi connectivity index (χ3v) is 11.5. The molecule has 2 unspecified atom stereocenters. The number of methoxy groups -OCH3 is 1. The highest BCUT2D eigenvalue weighted by atomic mass is 16.6. The van der Waals surface area contributed by atoms with Crippen LogP contribution < -0.4 is 25.4 Å². The molecule has 3 saturated carbocycles. The Bertz CT molecular complexity index is 1970. The molecule has 55 heavy (non-hydrogen) atoms. The average Bonchev–Trinajstić information content (AvgIpc) is 3.79. The standard InChI is InChI=1S/C40H53N7O8/c1-8-24-19-40(24,37(50)51)44-35(48)30-17-27(20-46(30)36(49)34(39(4,5)6)43-38(52)55-26-14-22-13-23(22)15-26)54-31-18-33(47-12-11-32(45-47)41-21(2)3)42-29-16-25(53-7)9-10-28(29)31/h9-12,16,18,21-24,26-27,30,34H,8,13-15,17,19-20H2,1-7H3,(H,41,45)(H,43,52)(H,44,48)(H,50,51)/t22-,23+,24-,26?,27?,30+,34-,40-/m1/s1. The van der Waals surface area contributed by atoms with Crippen LogP contribution in [-0.4, -0.2) is 98.2 Å². The number of rotatable bonds is 13. The van der Waals surface area contributed by atoms with Gasteiger partial charge >= 0.3 is 12.1 Å². The minimum Gasteiger partial charge on any atom is -0.497 e. The Morgan fingerprint density at radius 3 is 2.42 bits per heavy atom. The van der Waals surface area contributed by atoms with Crippen LogP contribution in [0.4, 0.5) is 10.6 Å². The average molecular weight is 760 g/mol. The summed E-state index contributed by atoms with van der Waals surface area (Å²) < 4.78 is 19.6. The molecule has 3 heterocycles. The lowest BCUT2D eigenvalue weighted by Crippen LogP contribution is -2.59. The van der Waals surface area contributed by atoms with Crippen LogP contribution in [0.3, 0.4) is 0 Å². The highest BCUT2D eigenvalue weighted by molar-refractivity contribution is 5.96. The fourth-order valence-corrected chi connectivity index (χ4v) is 8.35. The number of amides is 3. The molecule has 7 rings (SSSR count). The van der Waals surface area contributed by atoms with Gasteiger partial charge in [0, 0.05) is 42.2 Å². The first-order valence-electron chi connectivity index (χ1n) is 19.4. The zero-order valence-corrected chi connectivity index (χ0v) is 32.6. The maximum atomic E-state index is 14.6. The summed E-state index contributed by atoms with van der Waals surface area (Å²) >= 11 is 0. The number of carboxylic acids is 1. The van der Waals surface area contributed by atoms with Crippen LogP contribution in [-0.2, 0) is 19.1 Å². The second-order valence-corrected chi connectivity index (χ2v) is 17.1. The van der Waals surface area contributed by atoms with Crippen molar-refractivity contribution in [3.63, 3.8) is 0 Å². The van der Waals surface area contributed by atoms with Crippen molar-refractivity contribution < 1.29 is 38.5 Å². The predicted molar refractivity (Wildman–Crippen MR) is 203 cm³/mol. The number of fused-ring (bicyclic) bond motifs is 2. The second kappa shape index (κ2) is 14.5. The number of pyridine rings is 1. The van der Waals surface area contributed by atoms with Crippen molar-refractivity contribution >= 4 is 40.6 Å². The number of hydrogen-bond acceptors (Lipinski definition) is 10. The van der Waals surface area contributed by atoms with Crippen molar-refractivity contribution in [3.8, 4) is 17.3 Å². The van der Waals surface area contributed by atoms with Gasteiger partial charge in [-0.25, -0.2) is 19.3 Å². The molecule has 2 aromatic heterocycles. The molecule has 0 spiro atoms. The summed E-state index contributed by atoms with van der Waals surface area (Å²) in [7, 11) is 1.57. The van der Waals surface area contributed by atoms with Crippen LogP contribution in [0.1, 0.15) is 80.1 Å². The van der Waals surface area contributed by atoms with Crippen molar-refractivity contribution in [2.75, 3.05) is 19.0 Å². The summed E-state index contributed by atoms with van der Waals surface area (Å²) in [4.78, 5) is 60.7. The number of ether oxygens (including phenoxy) is 3. The molecule has 4 fully saturated rings. The normalized spacial score (nSPS) is 27.3. The van der Waals surface area contributed by atoms with E-state index < -0.39 is 53.0 Å². The van der Waals surface area contributed by atoms with Gasteiger partial charge in [-0.3, -0.25) is 9.59 Å². The Hall–Kier alpha value is -5.08. The molecule has 0 radical (unpaired) electrons. The number of carbonyl (C=O) groups excluding carboxylic acids is 3. The van der Waals surface area contributed by atoms with Gasteiger partial charge in [0.1, 0.15) is 47.1 Å². The minimum absolute atomic E-state index is 0.00300. The van der Waals surface area contributed by atoms with E-state index in [4.69, 9.17) is 19.2 Å². The molecule has 3 amide bonds. The van der Waals surface area contributed by atoms with Gasteiger partial charge in [-0.1, -0.05) is 34.1 Å². The summed E-state index contributed by atoms with van der Waals surface area (Å²) in [5, 5.41) is 24.4. The summed E-state index contributed by atoms with van der Waals surface area (Å²) in [5.74, 6) is 1.05. The lowest BCUT2D eigenvalue weighted by atomic mass is 9.85. The van der Waals surface area contributed by atoms with E-state index in [2.05, 4.69) is 21.0 Å². The molecular formula is C40H53N7O8. The Morgan fingerprint density at radius 2 is 1.78 bits per heavy atom. The molecule has 4 aliphatic rings. The third kappa shape index (κ3) is 7.88. The summed E-state index contributed by atoms with van der Waals surface area (Å²) in [6.07, 6.45) is 4.07. The zero-order valence-electron chi connectivity index (χ0n) is 32.6. The predicted octanol–water partition coefficient (Wildman–Crippen LogP) is 4.91. The molecule has 4 N–H and O–H groups in total. The quantitative estimate of drug-likeness (QED) is 0.186. The fourth-order valence-electron chi connectivity index (χ4n) is 8.35. The van der Waals surface area contributed by atoms with E-state index in [1.54, 1.807) is 36.2 Å². The Balaban J connectivity index is 1.18. The lowest BCUT2D eigenvalue weighted by molar-refractivity contribution is -0.146. The van der Waals surface area contributed by atoms with Crippen LogP contribution in [0.15, 0.2) is 36.5 Å². The monoisotopic (exact) mass is 759 g/mol. The first kappa shape index (κ1) is 38.2. The summed E-state index contributed by atoms with van der Waals surface area (Å²) in [5.41, 5.74) is -1.57. The SMILES string of the molecule is CC[C@@H]1C[C@]1(NC(=O)[C@@H]1CC(Oc2cc(-n3ccc(NC(C)C)n3)nc3cc(OC)ccc23)CN1C(=O)[C@@H](NC(=O)OC1C[C@@H]2C[C@@H]2C1)C(C)(C)C)C(=O)O. The zero-order chi connectivity index (χ0) is 39.4. The van der Waals surface area contributed by atoms with Gasteiger partial charge in [0.25, 0.3) is 0 Å². The number of aromatic nitrogens is 3. The topological polar surface area (TPSA) is 186 Å². The van der Waals surface area contributed by atoms with Crippen molar-refractivity contribution in [2.45, 2.75) is 116 Å². The molecule has 0 bridgehead atoms. The van der Waals surface area contributed by atoms with Crippen molar-refractivity contribution in [3.05, 3.63) is 36.5 Å². The van der Waals surface area contributed by atoms with Gasteiger partial charge in [0.05, 0.1) is 19.2 Å². The molecule has 15 nitrogen and oxygen atoms in total. The number of carbonyl (C=O) groups is 4. The van der Waals surface area contributed by atoms with E-state index in [9.17, 15) is 24.3 Å². The number of carboxylic acid groups (broad SMARTS) is 1. The maximum Gasteiger partial charge on any atom is 0.408 e. The molecule has 1 aliphatic heterocycles. The second-order valence-electron chi connectivity index (χ2n) is 17.1. The molecule has 3 aromatic rings. The van der Waals surface area contributed by atoms with Crippen LogP contribution in [0, 0.1) is 23.2 Å². The number of benzene rings is 1. The van der Waals surface area contributed by atoms with Gasteiger partial charge in [0.15, 0.2) is 5.82 Å². The fraction of sp³-hybridized carbons (Fsp3) is 0.600. The number of likely N-dealkylation sites (tertiary alicyclic amines) is 1.